The molecule has 1 aromatic carbocycles. The fraction of sp³-hybridized carbons (Fsp3) is 0.143. The summed E-state index contributed by atoms with van der Waals surface area (Å²) in [6, 6.07) is 10.8. The number of hydrogen-bond acceptors (Lipinski definition) is 2. The largest absolute Gasteiger partial charge is 0.308 e. The number of halogens is 1. The smallest absolute Gasteiger partial charge is 0.253 e. The van der Waals surface area contributed by atoms with E-state index < -0.39 is 0 Å². The Bertz CT molecular complexity index is 629. The molecule has 0 spiro atoms. The van der Waals surface area contributed by atoms with E-state index in [-0.39, 0.29) is 17.9 Å². The Morgan fingerprint density at radius 3 is 2.56 bits per heavy atom. The number of benzene rings is 1. The van der Waals surface area contributed by atoms with E-state index in [4.69, 9.17) is 0 Å². The lowest BCUT2D eigenvalue weighted by atomic mass is 10.1. The highest BCUT2D eigenvalue weighted by molar-refractivity contribution is 14.1. The topological polar surface area (TPSA) is 39.1 Å². The summed E-state index contributed by atoms with van der Waals surface area (Å²) in [5.74, 6) is -0.0564. The lowest BCUT2D eigenvalue weighted by molar-refractivity contribution is 0.0971. The van der Waals surface area contributed by atoms with Crippen molar-refractivity contribution in [2.75, 3.05) is 0 Å². The van der Waals surface area contributed by atoms with Crippen LogP contribution in [0.2, 0.25) is 0 Å². The molecule has 0 radical (unpaired) electrons. The summed E-state index contributed by atoms with van der Waals surface area (Å²) in [4.78, 5) is 23.8. The number of rotatable bonds is 3. The first-order chi connectivity index (χ1) is 8.58. The molecule has 0 atom stereocenters. The van der Waals surface area contributed by atoms with Gasteiger partial charge in [-0.25, -0.2) is 0 Å². The lowest BCUT2D eigenvalue weighted by Crippen LogP contribution is -2.25. The van der Waals surface area contributed by atoms with E-state index in [9.17, 15) is 9.59 Å². The first-order valence-corrected chi connectivity index (χ1v) is 6.60. The monoisotopic (exact) mass is 353 g/mol. The summed E-state index contributed by atoms with van der Waals surface area (Å²) in [7, 11) is 0. The number of hydrogen-bond donors (Lipinski definition) is 0. The molecule has 4 heteroatoms. The second kappa shape index (κ2) is 5.48. The van der Waals surface area contributed by atoms with Crippen molar-refractivity contribution in [3.8, 4) is 0 Å². The van der Waals surface area contributed by atoms with Gasteiger partial charge in [-0.1, -0.05) is 18.2 Å². The Balaban J connectivity index is 2.24. The second-order valence-corrected chi connectivity index (χ2v) is 5.30. The van der Waals surface area contributed by atoms with Gasteiger partial charge in [0.25, 0.3) is 5.56 Å². The van der Waals surface area contributed by atoms with Gasteiger partial charge in [0, 0.05) is 20.9 Å². The lowest BCUT2D eigenvalue weighted by Gasteiger charge is -2.05. The van der Waals surface area contributed by atoms with E-state index in [1.807, 2.05) is 12.1 Å². The minimum Gasteiger partial charge on any atom is -0.308 e. The van der Waals surface area contributed by atoms with Crippen LogP contribution in [0.25, 0.3) is 0 Å². The van der Waals surface area contributed by atoms with Gasteiger partial charge in [0.2, 0.25) is 0 Å². The van der Waals surface area contributed by atoms with Crippen LogP contribution in [0.3, 0.4) is 0 Å². The number of carbonyl (C=O) groups excluding carboxylic acids is 1. The van der Waals surface area contributed by atoms with Crippen LogP contribution in [-0.2, 0) is 6.54 Å². The molecule has 0 aliphatic heterocycles. The molecular weight excluding hydrogens is 341 g/mol. The maximum atomic E-state index is 12.0. The van der Waals surface area contributed by atoms with Crippen LogP contribution < -0.4 is 5.56 Å². The minimum absolute atomic E-state index is 0.0564. The number of aromatic nitrogens is 1. The highest BCUT2D eigenvalue weighted by Crippen LogP contribution is 2.08. The Hall–Kier alpha value is -1.43. The van der Waals surface area contributed by atoms with Gasteiger partial charge in [0.05, 0.1) is 6.54 Å². The third kappa shape index (κ3) is 2.87. The van der Waals surface area contributed by atoms with Gasteiger partial charge in [0.1, 0.15) is 0 Å². The van der Waals surface area contributed by atoms with Gasteiger partial charge in [-0.05, 0) is 47.7 Å². The third-order valence-corrected chi connectivity index (χ3v) is 3.41. The Kier molecular flexibility index (Phi) is 3.96. The molecule has 0 saturated carbocycles. The normalized spacial score (nSPS) is 10.3. The molecule has 92 valence electrons. The molecule has 2 rings (SSSR count). The summed E-state index contributed by atoms with van der Waals surface area (Å²) in [6.45, 7) is 1.83. The van der Waals surface area contributed by atoms with Crippen molar-refractivity contribution in [1.29, 1.82) is 0 Å². The van der Waals surface area contributed by atoms with Gasteiger partial charge in [-0.3, -0.25) is 9.59 Å². The summed E-state index contributed by atoms with van der Waals surface area (Å²) in [5.41, 5.74) is 1.16. The van der Waals surface area contributed by atoms with Crippen molar-refractivity contribution < 1.29 is 4.79 Å². The van der Waals surface area contributed by atoms with E-state index >= 15 is 0 Å². The van der Waals surface area contributed by atoms with Crippen LogP contribution in [0, 0.1) is 10.5 Å². The number of aryl methyl sites for hydroxylation is 1. The molecule has 1 aromatic heterocycles. The van der Waals surface area contributed by atoms with Crippen LogP contribution in [0.15, 0.2) is 47.4 Å². The van der Waals surface area contributed by atoms with Crippen molar-refractivity contribution in [3.05, 3.63) is 67.6 Å². The molecule has 0 saturated heterocycles. The van der Waals surface area contributed by atoms with Gasteiger partial charge in [-0.2, -0.15) is 0 Å². The quantitative estimate of drug-likeness (QED) is 0.629. The van der Waals surface area contributed by atoms with Crippen LogP contribution in [-0.4, -0.2) is 10.4 Å². The van der Waals surface area contributed by atoms with E-state index in [2.05, 4.69) is 22.6 Å². The molecule has 0 aliphatic rings. The van der Waals surface area contributed by atoms with Crippen LogP contribution in [0.1, 0.15) is 15.9 Å². The van der Waals surface area contributed by atoms with Crippen molar-refractivity contribution in [2.24, 2.45) is 0 Å². The summed E-state index contributed by atoms with van der Waals surface area (Å²) >= 11 is 2.19. The van der Waals surface area contributed by atoms with Gasteiger partial charge < -0.3 is 4.57 Å². The SMILES string of the molecule is Cc1cccn(CC(=O)c2ccc(I)cc2)c1=O. The number of pyridine rings is 1. The fourth-order valence-corrected chi connectivity index (χ4v) is 2.02. The molecule has 3 nitrogen and oxygen atoms in total. The average molecular weight is 353 g/mol. The molecule has 2 aromatic rings. The average Bonchev–Trinajstić information content (AvgIpc) is 2.36. The molecule has 0 N–H and O–H groups in total. The predicted octanol–water partition coefficient (Wildman–Crippen LogP) is 2.64. The number of ketones is 1. The maximum absolute atomic E-state index is 12.0. The summed E-state index contributed by atoms with van der Waals surface area (Å²) < 4.78 is 2.52. The first-order valence-electron chi connectivity index (χ1n) is 5.53. The number of nitrogens with zero attached hydrogens (tertiary/aromatic N) is 1. The zero-order chi connectivity index (χ0) is 13.1. The molecule has 0 fully saturated rings. The van der Waals surface area contributed by atoms with Crippen molar-refractivity contribution in [1.82, 2.24) is 4.57 Å². The number of carbonyl (C=O) groups is 1. The van der Waals surface area contributed by atoms with Crippen molar-refractivity contribution in [3.63, 3.8) is 0 Å². The molecule has 0 aliphatic carbocycles. The Morgan fingerprint density at radius 1 is 1.22 bits per heavy atom. The molecule has 0 bridgehead atoms. The molecule has 0 amide bonds. The van der Waals surface area contributed by atoms with Crippen molar-refractivity contribution in [2.45, 2.75) is 13.5 Å². The Morgan fingerprint density at radius 2 is 1.89 bits per heavy atom. The highest BCUT2D eigenvalue weighted by atomic mass is 127. The minimum atomic E-state index is -0.114. The van der Waals surface area contributed by atoms with E-state index in [0.29, 0.717) is 11.1 Å². The maximum Gasteiger partial charge on any atom is 0.253 e. The molecular formula is C14H12INO2. The van der Waals surface area contributed by atoms with E-state index in [0.717, 1.165) is 3.57 Å². The summed E-state index contributed by atoms with van der Waals surface area (Å²) in [5, 5.41) is 0. The zero-order valence-corrected chi connectivity index (χ0v) is 12.0. The zero-order valence-electron chi connectivity index (χ0n) is 9.89. The van der Waals surface area contributed by atoms with Gasteiger partial charge >= 0.3 is 0 Å². The second-order valence-electron chi connectivity index (χ2n) is 4.05. The first kappa shape index (κ1) is 13.0. The van der Waals surface area contributed by atoms with Crippen LogP contribution >= 0.6 is 22.6 Å². The summed E-state index contributed by atoms with van der Waals surface area (Å²) in [6.07, 6.45) is 1.64. The fourth-order valence-electron chi connectivity index (χ4n) is 1.66. The van der Waals surface area contributed by atoms with E-state index in [1.165, 1.54) is 4.57 Å². The predicted molar refractivity (Wildman–Crippen MR) is 78.9 cm³/mol. The molecule has 1 heterocycles. The number of Topliss-reactive ketones (excluding diaryl/α,β-unsaturated/α-hetero) is 1. The standard InChI is InChI=1S/C14H12INO2/c1-10-3-2-8-16(14(10)18)9-13(17)11-4-6-12(15)7-5-11/h2-8H,9H2,1H3. The highest BCUT2D eigenvalue weighted by Gasteiger charge is 2.08. The Labute approximate surface area is 119 Å². The molecule has 0 unspecified atom stereocenters. The van der Waals surface area contributed by atoms with Crippen molar-refractivity contribution >= 4 is 28.4 Å². The van der Waals surface area contributed by atoms with Gasteiger partial charge in [0.15, 0.2) is 5.78 Å². The third-order valence-electron chi connectivity index (χ3n) is 2.69. The van der Waals surface area contributed by atoms with E-state index in [1.54, 1.807) is 37.4 Å². The molecule has 18 heavy (non-hydrogen) atoms. The van der Waals surface area contributed by atoms with Gasteiger partial charge in [-0.15, -0.1) is 0 Å². The van der Waals surface area contributed by atoms with Crippen LogP contribution in [0.5, 0.6) is 0 Å². The van der Waals surface area contributed by atoms with Crippen LogP contribution in [0.4, 0.5) is 0 Å².